The molecule has 0 amide bonds. The number of anilines is 2. The third-order valence-electron chi connectivity index (χ3n) is 3.06. The van der Waals surface area contributed by atoms with Gasteiger partial charge >= 0.3 is 0 Å². The monoisotopic (exact) mass is 312 g/mol. The van der Waals surface area contributed by atoms with Gasteiger partial charge in [-0.1, -0.05) is 29.3 Å². The average Bonchev–Trinajstić information content (AvgIpc) is 2.38. The summed E-state index contributed by atoms with van der Waals surface area (Å²) in [4.78, 5) is 0. The highest BCUT2D eigenvalue weighted by molar-refractivity contribution is 6.35. The number of nitrogens with two attached hydrogens (primary N) is 1. The Morgan fingerprint density at radius 3 is 2.65 bits per heavy atom. The van der Waals surface area contributed by atoms with E-state index < -0.39 is 0 Å². The van der Waals surface area contributed by atoms with Crippen LogP contribution in [0.5, 0.6) is 0 Å². The van der Waals surface area contributed by atoms with E-state index in [1.54, 1.807) is 25.1 Å². The Morgan fingerprint density at radius 1 is 1.20 bits per heavy atom. The molecule has 106 valence electrons. The lowest BCUT2D eigenvalue weighted by atomic mass is 10.1. The van der Waals surface area contributed by atoms with Gasteiger partial charge in [0.2, 0.25) is 0 Å². The Hall–Kier alpha value is -1.45. The molecule has 5 heteroatoms. The molecular weight excluding hydrogens is 298 g/mol. The van der Waals surface area contributed by atoms with Gasteiger partial charge in [-0.05, 0) is 48.7 Å². The molecular formula is C15H15Cl2FN2. The van der Waals surface area contributed by atoms with E-state index in [4.69, 9.17) is 28.9 Å². The van der Waals surface area contributed by atoms with E-state index in [0.29, 0.717) is 27.8 Å². The van der Waals surface area contributed by atoms with Crippen molar-refractivity contribution in [3.8, 4) is 0 Å². The molecule has 0 aliphatic carbocycles. The maximum Gasteiger partial charge on any atom is 0.128 e. The highest BCUT2D eigenvalue weighted by Crippen LogP contribution is 2.24. The van der Waals surface area contributed by atoms with E-state index in [0.717, 1.165) is 17.7 Å². The summed E-state index contributed by atoms with van der Waals surface area (Å²) < 4.78 is 13.3. The minimum absolute atomic E-state index is 0.297. The van der Waals surface area contributed by atoms with Crippen LogP contribution in [0.1, 0.15) is 11.1 Å². The molecule has 0 saturated heterocycles. The van der Waals surface area contributed by atoms with E-state index in [2.05, 4.69) is 5.32 Å². The summed E-state index contributed by atoms with van der Waals surface area (Å²) >= 11 is 11.9. The molecule has 0 unspecified atom stereocenters. The Balaban J connectivity index is 2.01. The summed E-state index contributed by atoms with van der Waals surface area (Å²) in [5.74, 6) is -0.297. The van der Waals surface area contributed by atoms with Crippen molar-refractivity contribution < 1.29 is 4.39 Å². The first-order valence-electron chi connectivity index (χ1n) is 6.21. The number of aryl methyl sites for hydroxylation is 1. The van der Waals surface area contributed by atoms with E-state index in [-0.39, 0.29) is 5.82 Å². The van der Waals surface area contributed by atoms with Gasteiger partial charge in [-0.25, -0.2) is 4.39 Å². The molecule has 0 aliphatic rings. The largest absolute Gasteiger partial charge is 0.397 e. The molecule has 3 N–H and O–H groups in total. The first-order chi connectivity index (χ1) is 9.47. The van der Waals surface area contributed by atoms with Crippen LogP contribution in [0.4, 0.5) is 15.8 Å². The van der Waals surface area contributed by atoms with Gasteiger partial charge in [0, 0.05) is 16.6 Å². The van der Waals surface area contributed by atoms with Crippen molar-refractivity contribution in [3.63, 3.8) is 0 Å². The van der Waals surface area contributed by atoms with E-state index in [9.17, 15) is 4.39 Å². The Kier molecular flexibility index (Phi) is 4.73. The fourth-order valence-corrected chi connectivity index (χ4v) is 2.41. The number of halogens is 3. The van der Waals surface area contributed by atoms with Crippen molar-refractivity contribution in [2.45, 2.75) is 13.3 Å². The number of benzene rings is 2. The third kappa shape index (κ3) is 3.56. The van der Waals surface area contributed by atoms with Gasteiger partial charge in [-0.15, -0.1) is 0 Å². The van der Waals surface area contributed by atoms with Crippen LogP contribution in [-0.2, 0) is 6.42 Å². The van der Waals surface area contributed by atoms with Crippen molar-refractivity contribution in [1.29, 1.82) is 0 Å². The Bertz CT molecular complexity index is 630. The molecule has 0 heterocycles. The molecule has 0 radical (unpaired) electrons. The van der Waals surface area contributed by atoms with Gasteiger partial charge in [0.1, 0.15) is 5.82 Å². The van der Waals surface area contributed by atoms with Crippen molar-refractivity contribution in [2.24, 2.45) is 0 Å². The Morgan fingerprint density at radius 2 is 1.95 bits per heavy atom. The number of hydrogen-bond donors (Lipinski definition) is 2. The predicted molar refractivity (Wildman–Crippen MR) is 84.2 cm³/mol. The van der Waals surface area contributed by atoms with Crippen LogP contribution in [-0.4, -0.2) is 6.54 Å². The summed E-state index contributed by atoms with van der Waals surface area (Å²) in [5.41, 5.74) is 8.46. The average molecular weight is 313 g/mol. The van der Waals surface area contributed by atoms with Gasteiger partial charge in [-0.3, -0.25) is 0 Å². The smallest absolute Gasteiger partial charge is 0.128 e. The van der Waals surface area contributed by atoms with Gasteiger partial charge in [0.05, 0.1) is 11.4 Å². The molecule has 2 nitrogen and oxygen atoms in total. The zero-order chi connectivity index (χ0) is 14.7. The molecule has 0 bridgehead atoms. The molecule has 0 aromatic heterocycles. The van der Waals surface area contributed by atoms with Gasteiger partial charge in [0.15, 0.2) is 0 Å². The summed E-state index contributed by atoms with van der Waals surface area (Å²) in [7, 11) is 0. The SMILES string of the molecule is Cc1cc(NCCc2ccc(Cl)cc2Cl)c(N)cc1F. The Labute approximate surface area is 127 Å². The van der Waals surface area contributed by atoms with Crippen LogP contribution in [0.2, 0.25) is 10.0 Å². The standard InChI is InChI=1S/C15H15Cl2FN2/c1-9-6-15(14(19)8-13(9)18)20-5-4-10-2-3-11(16)7-12(10)17/h2-3,6-8,20H,4-5,19H2,1H3. The van der Waals surface area contributed by atoms with E-state index in [1.165, 1.54) is 6.07 Å². The van der Waals surface area contributed by atoms with E-state index in [1.807, 2.05) is 6.07 Å². The van der Waals surface area contributed by atoms with Gasteiger partial charge < -0.3 is 11.1 Å². The zero-order valence-corrected chi connectivity index (χ0v) is 12.5. The summed E-state index contributed by atoms with van der Waals surface area (Å²) in [6.07, 6.45) is 0.728. The molecule has 20 heavy (non-hydrogen) atoms. The van der Waals surface area contributed by atoms with Crippen LogP contribution >= 0.6 is 23.2 Å². The predicted octanol–water partition coefficient (Wildman–Crippen LogP) is 4.68. The van der Waals surface area contributed by atoms with Crippen molar-refractivity contribution in [2.75, 3.05) is 17.6 Å². The second-order valence-electron chi connectivity index (χ2n) is 4.60. The van der Waals surface area contributed by atoms with Crippen LogP contribution in [0, 0.1) is 12.7 Å². The molecule has 0 fully saturated rings. The maximum absolute atomic E-state index is 13.3. The van der Waals surface area contributed by atoms with E-state index >= 15 is 0 Å². The lowest BCUT2D eigenvalue weighted by Gasteiger charge is -2.11. The highest BCUT2D eigenvalue weighted by atomic mass is 35.5. The first-order valence-corrected chi connectivity index (χ1v) is 6.96. The molecule has 0 aliphatic heterocycles. The molecule has 0 saturated carbocycles. The zero-order valence-electron chi connectivity index (χ0n) is 11.0. The number of rotatable bonds is 4. The summed E-state index contributed by atoms with van der Waals surface area (Å²) in [6.45, 7) is 2.35. The lowest BCUT2D eigenvalue weighted by Crippen LogP contribution is -2.08. The quantitative estimate of drug-likeness (QED) is 0.805. The van der Waals surface area contributed by atoms with Gasteiger partial charge in [-0.2, -0.15) is 0 Å². The van der Waals surface area contributed by atoms with Crippen LogP contribution in [0.25, 0.3) is 0 Å². The van der Waals surface area contributed by atoms with Gasteiger partial charge in [0.25, 0.3) is 0 Å². The van der Waals surface area contributed by atoms with Crippen molar-refractivity contribution >= 4 is 34.6 Å². The summed E-state index contributed by atoms with van der Waals surface area (Å²) in [6, 6.07) is 8.45. The molecule has 2 aromatic rings. The molecule has 0 atom stereocenters. The van der Waals surface area contributed by atoms with Crippen molar-refractivity contribution in [3.05, 3.63) is 57.3 Å². The second-order valence-corrected chi connectivity index (χ2v) is 5.44. The number of nitrogens with one attached hydrogen (secondary N) is 1. The minimum atomic E-state index is -0.297. The van der Waals surface area contributed by atoms with Crippen LogP contribution < -0.4 is 11.1 Å². The fourth-order valence-electron chi connectivity index (χ4n) is 1.91. The highest BCUT2D eigenvalue weighted by Gasteiger charge is 2.05. The topological polar surface area (TPSA) is 38.0 Å². The minimum Gasteiger partial charge on any atom is -0.397 e. The first kappa shape index (κ1) is 14.9. The fraction of sp³-hybridized carbons (Fsp3) is 0.200. The molecule has 2 rings (SSSR count). The summed E-state index contributed by atoms with van der Waals surface area (Å²) in [5, 5.41) is 4.45. The lowest BCUT2D eigenvalue weighted by molar-refractivity contribution is 0.619. The van der Waals surface area contributed by atoms with Crippen LogP contribution in [0.3, 0.4) is 0 Å². The normalized spacial score (nSPS) is 10.6. The van der Waals surface area contributed by atoms with Crippen molar-refractivity contribution in [1.82, 2.24) is 0 Å². The maximum atomic E-state index is 13.3. The number of hydrogen-bond acceptors (Lipinski definition) is 2. The van der Waals surface area contributed by atoms with Crippen LogP contribution in [0.15, 0.2) is 30.3 Å². The third-order valence-corrected chi connectivity index (χ3v) is 3.64. The molecule has 0 spiro atoms. The molecule has 2 aromatic carbocycles. The second kappa shape index (κ2) is 6.33. The number of nitrogen functional groups attached to an aromatic ring is 1.